The van der Waals surface area contributed by atoms with E-state index in [0.29, 0.717) is 0 Å². The molecule has 1 N–H and O–H groups in total. The van der Waals surface area contributed by atoms with E-state index in [0.717, 1.165) is 12.1 Å². The molecule has 0 aliphatic rings. The minimum atomic E-state index is -1.60. The molecule has 0 saturated heterocycles. The number of alkyl halides is 1. The van der Waals surface area contributed by atoms with E-state index >= 15 is 0 Å². The summed E-state index contributed by atoms with van der Waals surface area (Å²) in [5, 5.41) is 9.06. The number of halogens is 4. The third kappa shape index (κ3) is 1.95. The molecular weight excluding hydrogens is 205 g/mol. The standard InChI is InChI=1S/C8H6ClF3O/c9-3-6(13)4-1-2-5(10)8(12)7(4)11/h1-2,6,13H,3H2/t6-/m0/s1. The first kappa shape index (κ1) is 10.3. The topological polar surface area (TPSA) is 20.2 Å². The van der Waals surface area contributed by atoms with E-state index in [-0.39, 0.29) is 11.4 Å². The summed E-state index contributed by atoms with van der Waals surface area (Å²) in [7, 11) is 0. The van der Waals surface area contributed by atoms with Gasteiger partial charge in [-0.05, 0) is 6.07 Å². The van der Waals surface area contributed by atoms with E-state index in [1.165, 1.54) is 0 Å². The monoisotopic (exact) mass is 210 g/mol. The van der Waals surface area contributed by atoms with Gasteiger partial charge in [0.05, 0.1) is 12.0 Å². The number of aliphatic hydroxyl groups is 1. The molecule has 13 heavy (non-hydrogen) atoms. The Hall–Kier alpha value is -0.740. The number of benzene rings is 1. The van der Waals surface area contributed by atoms with Gasteiger partial charge in [0, 0.05) is 5.56 Å². The maximum absolute atomic E-state index is 12.9. The van der Waals surface area contributed by atoms with Crippen LogP contribution in [0.5, 0.6) is 0 Å². The summed E-state index contributed by atoms with van der Waals surface area (Å²) < 4.78 is 37.8. The maximum Gasteiger partial charge on any atom is 0.194 e. The summed E-state index contributed by atoms with van der Waals surface area (Å²) in [6, 6.07) is 1.70. The highest BCUT2D eigenvalue weighted by atomic mass is 35.5. The van der Waals surface area contributed by atoms with Crippen LogP contribution in [0, 0.1) is 17.5 Å². The van der Waals surface area contributed by atoms with Gasteiger partial charge in [-0.1, -0.05) is 6.07 Å². The van der Waals surface area contributed by atoms with Gasteiger partial charge in [-0.2, -0.15) is 0 Å². The van der Waals surface area contributed by atoms with Crippen LogP contribution in [0.3, 0.4) is 0 Å². The molecular formula is C8H6ClF3O. The number of rotatable bonds is 2. The number of hydrogen-bond acceptors (Lipinski definition) is 1. The first-order valence-electron chi connectivity index (χ1n) is 3.45. The fourth-order valence-electron chi connectivity index (χ4n) is 0.881. The van der Waals surface area contributed by atoms with Crippen LogP contribution < -0.4 is 0 Å². The van der Waals surface area contributed by atoms with Gasteiger partial charge in [0.2, 0.25) is 0 Å². The molecule has 0 unspecified atom stereocenters. The Morgan fingerprint density at radius 1 is 1.23 bits per heavy atom. The van der Waals surface area contributed by atoms with Gasteiger partial charge in [0.25, 0.3) is 0 Å². The van der Waals surface area contributed by atoms with Crippen LogP contribution in [0.2, 0.25) is 0 Å². The molecule has 0 fully saturated rings. The quantitative estimate of drug-likeness (QED) is 0.587. The van der Waals surface area contributed by atoms with Crippen LogP contribution in [0.1, 0.15) is 11.7 Å². The summed E-state index contributed by atoms with van der Waals surface area (Å²) in [4.78, 5) is 0. The molecule has 0 spiro atoms. The molecule has 1 atom stereocenters. The van der Waals surface area contributed by atoms with Gasteiger partial charge in [-0.15, -0.1) is 11.6 Å². The molecule has 1 aromatic carbocycles. The zero-order valence-electron chi connectivity index (χ0n) is 6.40. The summed E-state index contributed by atoms with van der Waals surface area (Å²) in [6.07, 6.45) is -1.32. The largest absolute Gasteiger partial charge is 0.387 e. The lowest BCUT2D eigenvalue weighted by molar-refractivity contribution is 0.195. The third-order valence-electron chi connectivity index (χ3n) is 1.57. The van der Waals surface area contributed by atoms with Crippen molar-refractivity contribution in [3.8, 4) is 0 Å². The maximum atomic E-state index is 12.9. The van der Waals surface area contributed by atoms with Crippen LogP contribution in [-0.2, 0) is 0 Å². The molecule has 0 aromatic heterocycles. The molecule has 0 radical (unpaired) electrons. The highest BCUT2D eigenvalue weighted by molar-refractivity contribution is 6.18. The zero-order valence-corrected chi connectivity index (χ0v) is 7.15. The van der Waals surface area contributed by atoms with Crippen molar-refractivity contribution >= 4 is 11.6 Å². The molecule has 0 amide bonds. The number of hydrogen-bond donors (Lipinski definition) is 1. The molecule has 0 aliphatic carbocycles. The van der Waals surface area contributed by atoms with E-state index in [1.54, 1.807) is 0 Å². The van der Waals surface area contributed by atoms with E-state index < -0.39 is 23.6 Å². The summed E-state index contributed by atoms with van der Waals surface area (Å²) in [5.41, 5.74) is -0.339. The van der Waals surface area contributed by atoms with E-state index in [9.17, 15) is 13.2 Å². The summed E-state index contributed by atoms with van der Waals surface area (Å²) in [6.45, 7) is 0. The third-order valence-corrected chi connectivity index (χ3v) is 1.86. The average Bonchev–Trinajstić information content (AvgIpc) is 2.13. The van der Waals surface area contributed by atoms with Crippen molar-refractivity contribution in [2.24, 2.45) is 0 Å². The SMILES string of the molecule is O[C@@H](CCl)c1ccc(F)c(F)c1F. The highest BCUT2D eigenvalue weighted by Gasteiger charge is 2.17. The lowest BCUT2D eigenvalue weighted by atomic mass is 10.1. The summed E-state index contributed by atoms with van der Waals surface area (Å²) >= 11 is 5.22. The van der Waals surface area contributed by atoms with Crippen LogP contribution in [0.25, 0.3) is 0 Å². The molecule has 1 rings (SSSR count). The van der Waals surface area contributed by atoms with Crippen LogP contribution in [-0.4, -0.2) is 11.0 Å². The predicted molar refractivity (Wildman–Crippen MR) is 42.0 cm³/mol. The van der Waals surface area contributed by atoms with E-state index in [1.807, 2.05) is 0 Å². The van der Waals surface area contributed by atoms with Crippen molar-refractivity contribution in [1.82, 2.24) is 0 Å². The van der Waals surface area contributed by atoms with Gasteiger partial charge >= 0.3 is 0 Å². The Balaban J connectivity index is 3.18. The highest BCUT2D eigenvalue weighted by Crippen LogP contribution is 2.21. The van der Waals surface area contributed by atoms with Gasteiger partial charge in [-0.3, -0.25) is 0 Å². The normalized spacial score (nSPS) is 13.0. The Bertz CT molecular complexity index is 317. The molecule has 5 heteroatoms. The molecule has 0 aliphatic heterocycles. The average molecular weight is 211 g/mol. The second-order valence-corrected chi connectivity index (χ2v) is 2.74. The van der Waals surface area contributed by atoms with Crippen LogP contribution in [0.15, 0.2) is 12.1 Å². The van der Waals surface area contributed by atoms with Crippen molar-refractivity contribution in [2.75, 3.05) is 5.88 Å². The van der Waals surface area contributed by atoms with Crippen molar-refractivity contribution in [2.45, 2.75) is 6.10 Å². The molecule has 72 valence electrons. The van der Waals surface area contributed by atoms with Gasteiger partial charge < -0.3 is 5.11 Å². The lowest BCUT2D eigenvalue weighted by Crippen LogP contribution is -2.05. The van der Waals surface area contributed by atoms with Crippen molar-refractivity contribution in [3.63, 3.8) is 0 Å². The zero-order chi connectivity index (χ0) is 10.0. The van der Waals surface area contributed by atoms with Crippen LogP contribution >= 0.6 is 11.6 Å². The molecule has 1 nitrogen and oxygen atoms in total. The van der Waals surface area contributed by atoms with Crippen molar-refractivity contribution in [3.05, 3.63) is 35.1 Å². The Labute approximate surface area is 77.8 Å². The second kappa shape index (κ2) is 3.98. The second-order valence-electron chi connectivity index (χ2n) is 2.43. The molecule has 0 bridgehead atoms. The molecule has 0 saturated carbocycles. The predicted octanol–water partition coefficient (Wildman–Crippen LogP) is 2.38. The van der Waals surface area contributed by atoms with Crippen molar-refractivity contribution in [1.29, 1.82) is 0 Å². The fraction of sp³-hybridized carbons (Fsp3) is 0.250. The summed E-state index contributed by atoms with van der Waals surface area (Å²) in [5.74, 6) is -4.56. The van der Waals surface area contributed by atoms with Crippen LogP contribution in [0.4, 0.5) is 13.2 Å². The minimum Gasteiger partial charge on any atom is -0.387 e. The first-order chi connectivity index (χ1) is 6.07. The molecule has 1 aromatic rings. The van der Waals surface area contributed by atoms with Gasteiger partial charge in [0.1, 0.15) is 0 Å². The fourth-order valence-corrected chi connectivity index (χ4v) is 1.05. The molecule has 0 heterocycles. The number of aliphatic hydroxyl groups excluding tert-OH is 1. The van der Waals surface area contributed by atoms with E-state index in [2.05, 4.69) is 0 Å². The van der Waals surface area contributed by atoms with Gasteiger partial charge in [-0.25, -0.2) is 13.2 Å². The van der Waals surface area contributed by atoms with Gasteiger partial charge in [0.15, 0.2) is 17.5 Å². The first-order valence-corrected chi connectivity index (χ1v) is 3.98. The van der Waals surface area contributed by atoms with Crippen molar-refractivity contribution < 1.29 is 18.3 Å². The van der Waals surface area contributed by atoms with E-state index in [4.69, 9.17) is 16.7 Å². The smallest absolute Gasteiger partial charge is 0.194 e. The Kier molecular flexibility index (Phi) is 3.17. The Morgan fingerprint density at radius 2 is 1.85 bits per heavy atom. The lowest BCUT2D eigenvalue weighted by Gasteiger charge is -2.08. The minimum absolute atomic E-state index is 0.276. The Morgan fingerprint density at radius 3 is 2.38 bits per heavy atom.